The second-order valence-corrected chi connectivity index (χ2v) is 6.80. The highest BCUT2D eigenvalue weighted by Gasteiger charge is 2.21. The fourth-order valence-electron chi connectivity index (χ4n) is 3.41. The van der Waals surface area contributed by atoms with Crippen LogP contribution in [0.5, 0.6) is 23.0 Å². The van der Waals surface area contributed by atoms with E-state index in [0.717, 1.165) is 22.6 Å². The Bertz CT molecular complexity index is 977. The van der Waals surface area contributed by atoms with Crippen molar-refractivity contribution >= 4 is 5.78 Å². The van der Waals surface area contributed by atoms with E-state index in [0.29, 0.717) is 23.5 Å². The molecule has 0 aromatic heterocycles. The van der Waals surface area contributed by atoms with E-state index in [1.54, 1.807) is 52.7 Å². The van der Waals surface area contributed by atoms with Gasteiger partial charge in [-0.2, -0.15) is 0 Å². The van der Waals surface area contributed by atoms with Crippen LogP contribution in [0.2, 0.25) is 0 Å². The van der Waals surface area contributed by atoms with Crippen molar-refractivity contribution in [2.45, 2.75) is 12.3 Å². The monoisotopic (exact) mass is 406 g/mol. The molecule has 156 valence electrons. The van der Waals surface area contributed by atoms with Crippen LogP contribution in [0.4, 0.5) is 0 Å². The molecule has 30 heavy (non-hydrogen) atoms. The smallest absolute Gasteiger partial charge is 0.163 e. The van der Waals surface area contributed by atoms with E-state index in [4.69, 9.17) is 18.9 Å². The van der Waals surface area contributed by atoms with Crippen molar-refractivity contribution in [2.24, 2.45) is 0 Å². The summed E-state index contributed by atoms with van der Waals surface area (Å²) in [5.41, 5.74) is 2.64. The van der Waals surface area contributed by atoms with Gasteiger partial charge < -0.3 is 18.9 Å². The Labute approximate surface area is 177 Å². The molecule has 0 N–H and O–H groups in total. The van der Waals surface area contributed by atoms with Crippen molar-refractivity contribution < 1.29 is 23.7 Å². The third-order valence-corrected chi connectivity index (χ3v) is 5.13. The Morgan fingerprint density at radius 3 is 1.73 bits per heavy atom. The van der Waals surface area contributed by atoms with Crippen molar-refractivity contribution in [2.75, 3.05) is 28.4 Å². The van der Waals surface area contributed by atoms with Crippen molar-refractivity contribution in [1.82, 2.24) is 0 Å². The first kappa shape index (κ1) is 21.2. The first-order valence-electron chi connectivity index (χ1n) is 9.62. The molecule has 0 spiro atoms. The minimum absolute atomic E-state index is 0.0493. The van der Waals surface area contributed by atoms with E-state index in [9.17, 15) is 4.79 Å². The molecule has 0 saturated carbocycles. The SMILES string of the molecule is COc1ccc(C(=O)CC(c2ccc(OC)cc2)c2ccc(OC)c(OC)c2)cc1. The van der Waals surface area contributed by atoms with Gasteiger partial charge in [0.1, 0.15) is 11.5 Å². The predicted molar refractivity (Wildman–Crippen MR) is 116 cm³/mol. The van der Waals surface area contributed by atoms with Crippen LogP contribution in [0.25, 0.3) is 0 Å². The Balaban J connectivity index is 1.97. The summed E-state index contributed by atoms with van der Waals surface area (Å²) in [7, 11) is 6.44. The zero-order valence-corrected chi connectivity index (χ0v) is 17.7. The first-order valence-corrected chi connectivity index (χ1v) is 9.62. The molecule has 3 rings (SSSR count). The topological polar surface area (TPSA) is 54.0 Å². The predicted octanol–water partition coefficient (Wildman–Crippen LogP) is 5.13. The molecular formula is C25H26O5. The molecule has 3 aromatic carbocycles. The van der Waals surface area contributed by atoms with Gasteiger partial charge in [-0.15, -0.1) is 0 Å². The number of rotatable bonds is 9. The molecule has 0 aliphatic heterocycles. The van der Waals surface area contributed by atoms with Crippen LogP contribution in [0, 0.1) is 0 Å². The third kappa shape index (κ3) is 4.74. The minimum atomic E-state index is -0.148. The summed E-state index contributed by atoms with van der Waals surface area (Å²) in [6.07, 6.45) is 0.314. The normalized spacial score (nSPS) is 11.5. The second-order valence-electron chi connectivity index (χ2n) is 6.80. The van der Waals surface area contributed by atoms with Gasteiger partial charge >= 0.3 is 0 Å². The maximum absolute atomic E-state index is 13.1. The van der Waals surface area contributed by atoms with Gasteiger partial charge in [-0.3, -0.25) is 4.79 Å². The molecule has 0 heterocycles. The number of methoxy groups -OCH3 is 4. The molecule has 0 bridgehead atoms. The highest BCUT2D eigenvalue weighted by molar-refractivity contribution is 5.97. The lowest BCUT2D eigenvalue weighted by molar-refractivity contribution is 0.0977. The van der Waals surface area contributed by atoms with Crippen molar-refractivity contribution in [1.29, 1.82) is 0 Å². The lowest BCUT2D eigenvalue weighted by atomic mass is 9.85. The van der Waals surface area contributed by atoms with Gasteiger partial charge in [0.25, 0.3) is 0 Å². The zero-order chi connectivity index (χ0) is 21.5. The maximum atomic E-state index is 13.1. The van der Waals surface area contributed by atoms with Crippen molar-refractivity contribution in [3.8, 4) is 23.0 Å². The van der Waals surface area contributed by atoms with E-state index in [1.165, 1.54) is 0 Å². The molecule has 1 unspecified atom stereocenters. The number of ether oxygens (including phenoxy) is 4. The lowest BCUT2D eigenvalue weighted by Gasteiger charge is -2.20. The molecule has 5 nitrogen and oxygen atoms in total. The minimum Gasteiger partial charge on any atom is -0.497 e. The third-order valence-electron chi connectivity index (χ3n) is 5.13. The van der Waals surface area contributed by atoms with Gasteiger partial charge in [-0.05, 0) is 59.7 Å². The number of Topliss-reactive ketones (excluding diaryl/α,β-unsaturated/α-hetero) is 1. The second kappa shape index (κ2) is 9.83. The largest absolute Gasteiger partial charge is 0.497 e. The summed E-state index contributed by atoms with van der Waals surface area (Å²) < 4.78 is 21.3. The number of hydrogen-bond acceptors (Lipinski definition) is 5. The van der Waals surface area contributed by atoms with Gasteiger partial charge in [-0.25, -0.2) is 0 Å². The molecule has 0 amide bonds. The first-order chi connectivity index (χ1) is 14.6. The average molecular weight is 406 g/mol. The van der Waals surface area contributed by atoms with E-state index in [-0.39, 0.29) is 11.7 Å². The van der Waals surface area contributed by atoms with E-state index >= 15 is 0 Å². The van der Waals surface area contributed by atoms with Crippen LogP contribution in [-0.4, -0.2) is 34.2 Å². The summed E-state index contributed by atoms with van der Waals surface area (Å²) in [5, 5.41) is 0. The number of ketones is 1. The van der Waals surface area contributed by atoms with Gasteiger partial charge in [0, 0.05) is 17.9 Å². The molecule has 0 saturated heterocycles. The van der Waals surface area contributed by atoms with Crippen LogP contribution in [-0.2, 0) is 0 Å². The summed E-state index contributed by atoms with van der Waals surface area (Å²) in [6.45, 7) is 0. The standard InChI is InChI=1S/C25H26O5/c1-27-20-10-5-17(6-11-20)22(19-9-14-24(29-3)25(15-19)30-4)16-23(26)18-7-12-21(28-2)13-8-18/h5-15,22H,16H2,1-4H3. The van der Waals surface area contributed by atoms with Crippen molar-refractivity contribution in [3.63, 3.8) is 0 Å². The highest BCUT2D eigenvalue weighted by atomic mass is 16.5. The van der Waals surface area contributed by atoms with Crippen LogP contribution in [0.3, 0.4) is 0 Å². The molecule has 0 aliphatic rings. The molecule has 0 radical (unpaired) electrons. The van der Waals surface area contributed by atoms with Crippen LogP contribution in [0.15, 0.2) is 66.7 Å². The molecule has 1 atom stereocenters. The van der Waals surface area contributed by atoms with E-state index in [1.807, 2.05) is 42.5 Å². The Morgan fingerprint density at radius 2 is 1.20 bits per heavy atom. The zero-order valence-electron chi connectivity index (χ0n) is 17.7. The van der Waals surface area contributed by atoms with Gasteiger partial charge in [-0.1, -0.05) is 18.2 Å². The van der Waals surface area contributed by atoms with Crippen molar-refractivity contribution in [3.05, 3.63) is 83.4 Å². The molecule has 5 heteroatoms. The number of carbonyl (C=O) groups excluding carboxylic acids is 1. The van der Waals surface area contributed by atoms with Gasteiger partial charge in [0.2, 0.25) is 0 Å². The summed E-state index contributed by atoms with van der Waals surface area (Å²) in [5.74, 6) is 2.67. The molecule has 0 aliphatic carbocycles. The average Bonchev–Trinajstić information content (AvgIpc) is 2.82. The van der Waals surface area contributed by atoms with Gasteiger partial charge in [0.05, 0.1) is 28.4 Å². The van der Waals surface area contributed by atoms with E-state index in [2.05, 4.69) is 0 Å². The lowest BCUT2D eigenvalue weighted by Crippen LogP contribution is -2.10. The quantitative estimate of drug-likeness (QED) is 0.461. The number of hydrogen-bond donors (Lipinski definition) is 0. The Hall–Kier alpha value is -3.47. The Morgan fingerprint density at radius 1 is 0.667 bits per heavy atom. The fourth-order valence-corrected chi connectivity index (χ4v) is 3.41. The fraction of sp³-hybridized carbons (Fsp3) is 0.240. The van der Waals surface area contributed by atoms with Crippen LogP contribution in [0.1, 0.15) is 33.8 Å². The number of benzene rings is 3. The van der Waals surface area contributed by atoms with Gasteiger partial charge in [0.15, 0.2) is 17.3 Å². The maximum Gasteiger partial charge on any atom is 0.163 e. The highest BCUT2D eigenvalue weighted by Crippen LogP contribution is 2.36. The number of carbonyl (C=O) groups is 1. The van der Waals surface area contributed by atoms with E-state index < -0.39 is 0 Å². The molecular weight excluding hydrogens is 380 g/mol. The summed E-state index contributed by atoms with van der Waals surface area (Å²) in [6, 6.07) is 20.7. The molecule has 0 fully saturated rings. The Kier molecular flexibility index (Phi) is 6.96. The van der Waals surface area contributed by atoms with Crippen LogP contribution < -0.4 is 18.9 Å². The van der Waals surface area contributed by atoms with Crippen LogP contribution >= 0.6 is 0 Å². The summed E-state index contributed by atoms with van der Waals surface area (Å²) in [4.78, 5) is 13.1. The summed E-state index contributed by atoms with van der Waals surface area (Å²) >= 11 is 0. The molecule has 3 aromatic rings.